The number of rotatable bonds is 1. The van der Waals surface area contributed by atoms with Gasteiger partial charge < -0.3 is 9.84 Å². The molecule has 1 heterocycles. The molecule has 1 unspecified atom stereocenters. The zero-order chi connectivity index (χ0) is 14.3. The molecule has 0 saturated carbocycles. The average molecular weight is 492 g/mol. The maximum atomic E-state index is 12.3. The van der Waals surface area contributed by atoms with Gasteiger partial charge in [-0.25, -0.2) is 0 Å². The van der Waals surface area contributed by atoms with Crippen molar-refractivity contribution >= 4 is 51.0 Å². The van der Waals surface area contributed by atoms with Crippen LogP contribution in [0.3, 0.4) is 0 Å². The fraction of sp³-hybridized carbons (Fsp3) is 0.133. The molecule has 20 heavy (non-hydrogen) atoms. The average Bonchev–Trinajstić information content (AvgIpc) is 2.38. The normalized spacial score (nSPS) is 17.5. The van der Waals surface area contributed by atoms with Gasteiger partial charge in [-0.05, 0) is 68.9 Å². The van der Waals surface area contributed by atoms with Crippen molar-refractivity contribution < 1.29 is 14.6 Å². The Hall–Kier alpha value is -0.830. The van der Waals surface area contributed by atoms with Crippen LogP contribution >= 0.6 is 45.2 Å². The maximum absolute atomic E-state index is 12.3. The lowest BCUT2D eigenvalue weighted by Gasteiger charge is -2.26. The first-order valence-electron chi connectivity index (χ1n) is 6.02. The Labute approximate surface area is 143 Å². The number of carbonyl (C=O) groups is 1. The number of ether oxygens (including phenoxy) is 1. The van der Waals surface area contributed by atoms with Crippen molar-refractivity contribution in [2.24, 2.45) is 0 Å². The fourth-order valence-corrected chi connectivity index (χ4v) is 3.51. The van der Waals surface area contributed by atoms with Crippen LogP contribution in [0.5, 0.6) is 11.5 Å². The number of halogens is 2. The summed E-state index contributed by atoms with van der Waals surface area (Å²) < 4.78 is 7.77. The lowest BCUT2D eigenvalue weighted by Crippen LogP contribution is -2.21. The summed E-state index contributed by atoms with van der Waals surface area (Å²) >= 11 is 4.29. The van der Waals surface area contributed by atoms with Crippen LogP contribution in [-0.4, -0.2) is 10.9 Å². The highest BCUT2D eigenvalue weighted by atomic mass is 127. The van der Waals surface area contributed by atoms with Gasteiger partial charge in [0, 0.05) is 13.2 Å². The minimum Gasteiger partial charge on any atom is -0.508 e. The minimum atomic E-state index is -0.287. The van der Waals surface area contributed by atoms with Crippen LogP contribution in [0.4, 0.5) is 0 Å². The molecule has 0 aliphatic carbocycles. The number of aromatic hydroxyl groups is 1. The highest BCUT2D eigenvalue weighted by Gasteiger charge is 2.29. The molecule has 1 aliphatic heterocycles. The number of phenols is 1. The van der Waals surface area contributed by atoms with E-state index in [1.54, 1.807) is 6.07 Å². The van der Waals surface area contributed by atoms with E-state index in [9.17, 15) is 9.90 Å². The first-order valence-corrected chi connectivity index (χ1v) is 8.18. The number of Topliss-reactive ketones (excluding diaryl/α,β-unsaturated/α-hetero) is 1. The van der Waals surface area contributed by atoms with Crippen LogP contribution < -0.4 is 4.74 Å². The summed E-state index contributed by atoms with van der Waals surface area (Å²) in [6.07, 6.45) is 0.0403. The monoisotopic (exact) mass is 492 g/mol. The van der Waals surface area contributed by atoms with Crippen LogP contribution in [0.25, 0.3) is 0 Å². The molecule has 0 bridgehead atoms. The van der Waals surface area contributed by atoms with Crippen LogP contribution in [0, 0.1) is 7.14 Å². The SMILES string of the molecule is O=C1CC(c2ccc(I)cc2)Oc2cc(O)cc(I)c21. The zero-order valence-electron chi connectivity index (χ0n) is 10.3. The van der Waals surface area contributed by atoms with Crippen molar-refractivity contribution in [2.75, 3.05) is 0 Å². The number of carbonyl (C=O) groups excluding carboxylic acids is 1. The summed E-state index contributed by atoms with van der Waals surface area (Å²) in [5, 5.41) is 9.65. The molecule has 0 aromatic heterocycles. The second kappa shape index (κ2) is 5.51. The molecule has 3 rings (SSSR count). The summed E-state index contributed by atoms with van der Waals surface area (Å²) in [4.78, 5) is 12.3. The van der Waals surface area contributed by atoms with Gasteiger partial charge in [-0.15, -0.1) is 0 Å². The maximum Gasteiger partial charge on any atom is 0.171 e. The van der Waals surface area contributed by atoms with Gasteiger partial charge in [0.1, 0.15) is 17.6 Å². The van der Waals surface area contributed by atoms with Crippen LogP contribution in [-0.2, 0) is 0 Å². The lowest BCUT2D eigenvalue weighted by atomic mass is 9.96. The predicted molar refractivity (Wildman–Crippen MR) is 92.3 cm³/mol. The number of fused-ring (bicyclic) bond motifs is 1. The Balaban J connectivity index is 2.00. The Kier molecular flexibility index (Phi) is 3.89. The van der Waals surface area contributed by atoms with E-state index in [0.717, 1.165) is 12.7 Å². The van der Waals surface area contributed by atoms with Gasteiger partial charge in [-0.2, -0.15) is 0 Å². The van der Waals surface area contributed by atoms with Crippen molar-refractivity contribution in [1.29, 1.82) is 0 Å². The Morgan fingerprint density at radius 2 is 1.85 bits per heavy atom. The van der Waals surface area contributed by atoms with Gasteiger partial charge in [0.15, 0.2) is 5.78 Å². The van der Waals surface area contributed by atoms with E-state index in [4.69, 9.17) is 4.74 Å². The van der Waals surface area contributed by atoms with Gasteiger partial charge in [-0.3, -0.25) is 4.79 Å². The van der Waals surface area contributed by atoms with Crippen LogP contribution in [0.1, 0.15) is 28.4 Å². The topological polar surface area (TPSA) is 46.5 Å². The molecule has 102 valence electrons. The molecular formula is C15H10I2O3. The smallest absolute Gasteiger partial charge is 0.171 e. The van der Waals surface area contributed by atoms with Crippen molar-refractivity contribution in [1.82, 2.24) is 0 Å². The molecule has 0 spiro atoms. The van der Waals surface area contributed by atoms with E-state index >= 15 is 0 Å². The lowest BCUT2D eigenvalue weighted by molar-refractivity contribution is 0.0848. The van der Waals surface area contributed by atoms with Gasteiger partial charge in [0.25, 0.3) is 0 Å². The first-order chi connectivity index (χ1) is 9.54. The fourth-order valence-electron chi connectivity index (χ4n) is 2.26. The van der Waals surface area contributed by atoms with Crippen molar-refractivity contribution in [3.63, 3.8) is 0 Å². The molecule has 5 heteroatoms. The molecule has 2 aromatic carbocycles. The molecule has 0 saturated heterocycles. The third-order valence-electron chi connectivity index (χ3n) is 3.20. The zero-order valence-corrected chi connectivity index (χ0v) is 14.6. The van der Waals surface area contributed by atoms with Crippen molar-refractivity contribution in [3.05, 3.63) is 54.7 Å². The highest BCUT2D eigenvalue weighted by Crippen LogP contribution is 2.39. The predicted octanol–water partition coefficient (Wildman–Crippen LogP) is 4.31. The number of phenolic OH excluding ortho intramolecular Hbond substituents is 1. The summed E-state index contributed by atoms with van der Waals surface area (Å²) in [6.45, 7) is 0. The van der Waals surface area contributed by atoms with Crippen molar-refractivity contribution in [2.45, 2.75) is 12.5 Å². The standard InChI is InChI=1S/C15H10I2O3/c16-9-3-1-8(2-4-9)13-7-12(19)15-11(17)5-10(18)6-14(15)20-13/h1-6,13,18H,7H2. The second-order valence-electron chi connectivity index (χ2n) is 4.59. The molecule has 0 amide bonds. The van der Waals surface area contributed by atoms with E-state index < -0.39 is 0 Å². The molecule has 1 atom stereocenters. The van der Waals surface area contributed by atoms with Crippen LogP contribution in [0.2, 0.25) is 0 Å². The molecule has 0 radical (unpaired) electrons. The Morgan fingerprint density at radius 1 is 1.15 bits per heavy atom. The number of hydrogen-bond donors (Lipinski definition) is 1. The summed E-state index contributed by atoms with van der Waals surface area (Å²) in [6, 6.07) is 11.0. The van der Waals surface area contributed by atoms with Crippen molar-refractivity contribution in [3.8, 4) is 11.5 Å². The number of hydrogen-bond acceptors (Lipinski definition) is 3. The van der Waals surface area contributed by atoms with Gasteiger partial charge in [0.2, 0.25) is 0 Å². The Bertz CT molecular complexity index is 680. The third-order valence-corrected chi connectivity index (χ3v) is 4.77. The quantitative estimate of drug-likeness (QED) is 0.605. The first kappa shape index (κ1) is 14.1. The van der Waals surface area contributed by atoms with Gasteiger partial charge >= 0.3 is 0 Å². The largest absolute Gasteiger partial charge is 0.508 e. The van der Waals surface area contributed by atoms with E-state index in [1.807, 2.05) is 46.9 Å². The second-order valence-corrected chi connectivity index (χ2v) is 6.99. The third kappa shape index (κ3) is 2.65. The minimum absolute atomic E-state index is 0.0548. The molecule has 1 N–H and O–H groups in total. The van der Waals surface area contributed by atoms with Gasteiger partial charge in [0.05, 0.1) is 12.0 Å². The molecule has 3 nitrogen and oxygen atoms in total. The van der Waals surface area contributed by atoms with Gasteiger partial charge in [-0.1, -0.05) is 12.1 Å². The molecular weight excluding hydrogens is 482 g/mol. The van der Waals surface area contributed by atoms with E-state index in [1.165, 1.54) is 6.07 Å². The summed E-state index contributed by atoms with van der Waals surface area (Å²) in [7, 11) is 0. The molecule has 1 aliphatic rings. The molecule has 0 fully saturated rings. The van der Waals surface area contributed by atoms with E-state index in [-0.39, 0.29) is 17.6 Å². The number of ketones is 1. The van der Waals surface area contributed by atoms with Crippen LogP contribution in [0.15, 0.2) is 36.4 Å². The summed E-state index contributed by atoms with van der Waals surface area (Å²) in [5.41, 5.74) is 1.55. The molecule has 2 aromatic rings. The Morgan fingerprint density at radius 3 is 2.55 bits per heavy atom. The highest BCUT2D eigenvalue weighted by molar-refractivity contribution is 14.1. The number of benzene rings is 2. The van der Waals surface area contributed by atoms with E-state index in [0.29, 0.717) is 17.7 Å². The summed E-state index contributed by atoms with van der Waals surface area (Å²) in [5.74, 6) is 0.637. The van der Waals surface area contributed by atoms with E-state index in [2.05, 4.69) is 22.6 Å².